The summed E-state index contributed by atoms with van der Waals surface area (Å²) in [7, 11) is 0. The number of rotatable bonds is 2. The zero-order valence-electron chi connectivity index (χ0n) is 16.0. The summed E-state index contributed by atoms with van der Waals surface area (Å²) in [5, 5.41) is 8.97. The fourth-order valence-corrected chi connectivity index (χ4v) is 3.57. The van der Waals surface area contributed by atoms with Crippen molar-refractivity contribution in [2.75, 3.05) is 26.2 Å². The van der Waals surface area contributed by atoms with Crippen LogP contribution in [0.2, 0.25) is 0 Å². The van der Waals surface area contributed by atoms with Crippen LogP contribution < -0.4 is 5.32 Å². The molecule has 2 aliphatic rings. The fraction of sp³-hybridized carbons (Fsp3) is 0.632. The molecular weight excluding hydrogens is 350 g/mol. The van der Waals surface area contributed by atoms with Gasteiger partial charge in [-0.15, -0.1) is 12.4 Å². The summed E-state index contributed by atoms with van der Waals surface area (Å²) in [5.74, 6) is 0.620. The number of piperazine rings is 1. The van der Waals surface area contributed by atoms with E-state index in [1.54, 1.807) is 0 Å². The summed E-state index contributed by atoms with van der Waals surface area (Å²) in [4.78, 5) is 20.1. The molecule has 4 rings (SSSR count). The number of carbonyl (C=O) groups is 1. The van der Waals surface area contributed by atoms with Crippen molar-refractivity contribution in [3.05, 3.63) is 23.0 Å². The molecule has 26 heavy (non-hydrogen) atoms. The molecule has 0 spiro atoms. The van der Waals surface area contributed by atoms with Crippen LogP contribution in [0, 0.1) is 6.92 Å². The largest absolute Gasteiger partial charge is 0.336 e. The van der Waals surface area contributed by atoms with Crippen molar-refractivity contribution >= 4 is 29.3 Å². The standard InChI is InChI=1S/C19H27N5O.ClH/c1-12-16-14(18(25)23-9-7-20-8-10-23)11-15(13-5-6-13)21-17(16)24(22-12)19(2,3)4;/h11,13,20H,5-10H2,1-4H3;1H. The van der Waals surface area contributed by atoms with Gasteiger partial charge in [-0.2, -0.15) is 5.10 Å². The summed E-state index contributed by atoms with van der Waals surface area (Å²) in [6, 6.07) is 2.03. The van der Waals surface area contributed by atoms with Crippen molar-refractivity contribution in [3.8, 4) is 0 Å². The maximum Gasteiger partial charge on any atom is 0.254 e. The summed E-state index contributed by atoms with van der Waals surface area (Å²) in [6.07, 6.45) is 2.34. The quantitative estimate of drug-likeness (QED) is 0.874. The third-order valence-electron chi connectivity index (χ3n) is 5.10. The zero-order valence-corrected chi connectivity index (χ0v) is 16.8. The van der Waals surface area contributed by atoms with Gasteiger partial charge in [0.05, 0.1) is 22.2 Å². The van der Waals surface area contributed by atoms with Crippen LogP contribution in [0.25, 0.3) is 11.0 Å². The average molecular weight is 378 g/mol. The molecule has 2 aromatic heterocycles. The molecule has 7 heteroatoms. The molecule has 1 aliphatic heterocycles. The average Bonchev–Trinajstić information content (AvgIpc) is 3.37. The minimum Gasteiger partial charge on any atom is -0.336 e. The number of nitrogens with zero attached hydrogens (tertiary/aromatic N) is 4. The van der Waals surface area contributed by atoms with Gasteiger partial charge in [0.15, 0.2) is 5.65 Å². The van der Waals surface area contributed by atoms with Crippen LogP contribution in [0.4, 0.5) is 0 Å². The van der Waals surface area contributed by atoms with Gasteiger partial charge in [-0.05, 0) is 46.6 Å². The Kier molecular flexibility index (Phi) is 5.01. The highest BCUT2D eigenvalue weighted by molar-refractivity contribution is 6.06. The molecule has 6 nitrogen and oxygen atoms in total. The van der Waals surface area contributed by atoms with Crippen LogP contribution in [-0.2, 0) is 5.54 Å². The van der Waals surface area contributed by atoms with Crippen LogP contribution in [0.15, 0.2) is 6.07 Å². The molecular formula is C19H28ClN5O. The van der Waals surface area contributed by atoms with Gasteiger partial charge in [-0.1, -0.05) is 0 Å². The fourth-order valence-electron chi connectivity index (χ4n) is 3.57. The summed E-state index contributed by atoms with van der Waals surface area (Å²) in [5.41, 5.74) is 3.40. The SMILES string of the molecule is Cc1nn(C(C)(C)C)c2nc(C3CC3)cc(C(=O)N3CCNCC3)c12.Cl. The van der Waals surface area contributed by atoms with E-state index in [4.69, 9.17) is 10.1 Å². The Hall–Kier alpha value is -1.66. The van der Waals surface area contributed by atoms with E-state index >= 15 is 0 Å². The second-order valence-electron chi connectivity index (χ2n) is 8.28. The molecule has 1 saturated heterocycles. The Morgan fingerprint density at radius 2 is 1.88 bits per heavy atom. The number of hydrogen-bond acceptors (Lipinski definition) is 4. The van der Waals surface area contributed by atoms with E-state index in [0.717, 1.165) is 54.2 Å². The predicted molar refractivity (Wildman–Crippen MR) is 105 cm³/mol. The van der Waals surface area contributed by atoms with Gasteiger partial charge in [-0.25, -0.2) is 9.67 Å². The molecule has 0 bridgehead atoms. The van der Waals surface area contributed by atoms with Crippen molar-refractivity contribution in [1.29, 1.82) is 0 Å². The first kappa shape index (κ1) is 19.1. The second kappa shape index (κ2) is 6.82. The Labute approximate surface area is 160 Å². The number of aromatic nitrogens is 3. The molecule has 142 valence electrons. The molecule has 2 fully saturated rings. The van der Waals surface area contributed by atoms with Crippen molar-refractivity contribution in [1.82, 2.24) is 25.0 Å². The number of halogens is 1. The summed E-state index contributed by atoms with van der Waals surface area (Å²) < 4.78 is 1.98. The van der Waals surface area contributed by atoms with Crippen molar-refractivity contribution in [2.45, 2.75) is 52.0 Å². The van der Waals surface area contributed by atoms with E-state index < -0.39 is 0 Å². The normalized spacial score (nSPS) is 18.1. The first-order chi connectivity index (χ1) is 11.9. The lowest BCUT2D eigenvalue weighted by atomic mass is 10.1. The van der Waals surface area contributed by atoms with Crippen LogP contribution in [-0.4, -0.2) is 51.8 Å². The highest BCUT2D eigenvalue weighted by atomic mass is 35.5. The Balaban J connectivity index is 0.00000196. The number of amides is 1. The van der Waals surface area contributed by atoms with Crippen LogP contribution in [0.5, 0.6) is 0 Å². The highest BCUT2D eigenvalue weighted by Crippen LogP contribution is 2.41. The molecule has 1 N–H and O–H groups in total. The minimum atomic E-state index is -0.170. The van der Waals surface area contributed by atoms with E-state index in [-0.39, 0.29) is 23.9 Å². The molecule has 0 unspecified atom stereocenters. The van der Waals surface area contributed by atoms with E-state index in [2.05, 4.69) is 26.1 Å². The lowest BCUT2D eigenvalue weighted by Crippen LogP contribution is -2.46. The number of nitrogens with one attached hydrogen (secondary N) is 1. The molecule has 3 heterocycles. The van der Waals surface area contributed by atoms with Gasteiger partial charge in [0.2, 0.25) is 0 Å². The topological polar surface area (TPSA) is 63.1 Å². The van der Waals surface area contributed by atoms with E-state index in [1.165, 1.54) is 12.8 Å². The molecule has 0 radical (unpaired) electrons. The number of hydrogen-bond donors (Lipinski definition) is 1. The van der Waals surface area contributed by atoms with Crippen LogP contribution in [0.3, 0.4) is 0 Å². The van der Waals surface area contributed by atoms with Gasteiger partial charge in [0.25, 0.3) is 5.91 Å². The lowest BCUT2D eigenvalue weighted by molar-refractivity contribution is 0.0737. The van der Waals surface area contributed by atoms with Gasteiger partial charge < -0.3 is 10.2 Å². The molecule has 0 atom stereocenters. The summed E-state index contributed by atoms with van der Waals surface area (Å²) in [6.45, 7) is 11.6. The zero-order chi connectivity index (χ0) is 17.8. The molecule has 0 aromatic carbocycles. The van der Waals surface area contributed by atoms with Crippen molar-refractivity contribution in [2.24, 2.45) is 0 Å². The van der Waals surface area contributed by atoms with Gasteiger partial charge in [0, 0.05) is 37.8 Å². The van der Waals surface area contributed by atoms with Crippen molar-refractivity contribution in [3.63, 3.8) is 0 Å². The number of pyridine rings is 1. The lowest BCUT2D eigenvalue weighted by Gasteiger charge is -2.28. The first-order valence-electron chi connectivity index (χ1n) is 9.27. The predicted octanol–water partition coefficient (Wildman–Crippen LogP) is 2.84. The minimum absolute atomic E-state index is 0. The first-order valence-corrected chi connectivity index (χ1v) is 9.27. The second-order valence-corrected chi connectivity index (χ2v) is 8.28. The van der Waals surface area contributed by atoms with E-state index in [1.807, 2.05) is 22.6 Å². The molecule has 2 aromatic rings. The third kappa shape index (κ3) is 3.32. The smallest absolute Gasteiger partial charge is 0.254 e. The third-order valence-corrected chi connectivity index (χ3v) is 5.10. The Morgan fingerprint density at radius 3 is 2.46 bits per heavy atom. The van der Waals surface area contributed by atoms with Crippen molar-refractivity contribution < 1.29 is 4.79 Å². The summed E-state index contributed by atoms with van der Waals surface area (Å²) >= 11 is 0. The molecule has 1 saturated carbocycles. The maximum atomic E-state index is 13.3. The van der Waals surface area contributed by atoms with E-state index in [9.17, 15) is 4.79 Å². The van der Waals surface area contributed by atoms with Gasteiger partial charge in [0.1, 0.15) is 0 Å². The van der Waals surface area contributed by atoms with E-state index in [0.29, 0.717) is 5.92 Å². The van der Waals surface area contributed by atoms with Crippen LogP contribution >= 0.6 is 12.4 Å². The van der Waals surface area contributed by atoms with Crippen LogP contribution in [0.1, 0.15) is 61.3 Å². The maximum absolute atomic E-state index is 13.3. The van der Waals surface area contributed by atoms with Gasteiger partial charge in [-0.3, -0.25) is 4.79 Å². The number of aryl methyl sites for hydroxylation is 1. The number of fused-ring (bicyclic) bond motifs is 1. The number of carbonyl (C=O) groups excluding carboxylic acids is 1. The Morgan fingerprint density at radius 1 is 1.23 bits per heavy atom. The highest BCUT2D eigenvalue weighted by Gasteiger charge is 2.31. The molecule has 1 aliphatic carbocycles. The molecule has 1 amide bonds. The Bertz CT molecular complexity index is 829. The monoisotopic (exact) mass is 377 g/mol. The van der Waals surface area contributed by atoms with Gasteiger partial charge >= 0.3 is 0 Å².